The van der Waals surface area contributed by atoms with Gasteiger partial charge in [0.15, 0.2) is 0 Å². The number of nitrogens with one attached hydrogen (secondary N) is 2. The maximum absolute atomic E-state index is 11.9. The van der Waals surface area contributed by atoms with E-state index in [1.807, 2.05) is 6.92 Å². The monoisotopic (exact) mass is 431 g/mol. The lowest BCUT2D eigenvalue weighted by molar-refractivity contribution is 0.122. The standard InChI is InChI=1S/C20H22ClN5O4/c1-11(27)9-29-17-8-26-18(12(17)2)19(22-10-23-26)30-14-5-6-16(15(21)7-14)25-20(28)24-13-3-4-13/h5-8,10-11,13,27H,3-4,9H2,1-2H3,(H2,24,25,28). The number of urea groups is 1. The van der Waals surface area contributed by atoms with Crippen molar-refractivity contribution >= 4 is 28.8 Å². The van der Waals surface area contributed by atoms with E-state index in [0.717, 1.165) is 18.4 Å². The highest BCUT2D eigenvalue weighted by Crippen LogP contribution is 2.34. The van der Waals surface area contributed by atoms with E-state index < -0.39 is 6.10 Å². The van der Waals surface area contributed by atoms with E-state index in [9.17, 15) is 9.90 Å². The zero-order valence-electron chi connectivity index (χ0n) is 16.6. The summed E-state index contributed by atoms with van der Waals surface area (Å²) in [6.07, 6.45) is 4.51. The Hall–Kier alpha value is -3.04. The Kier molecular flexibility index (Phi) is 5.65. The lowest BCUT2D eigenvalue weighted by Crippen LogP contribution is -2.30. The van der Waals surface area contributed by atoms with Crippen molar-refractivity contribution in [2.75, 3.05) is 11.9 Å². The predicted octanol–water partition coefficient (Wildman–Crippen LogP) is 3.53. The number of aliphatic hydroxyl groups is 1. The summed E-state index contributed by atoms with van der Waals surface area (Å²) in [6, 6.07) is 4.95. The number of aromatic nitrogens is 3. The Bertz CT molecular complexity index is 1080. The number of nitrogens with zero attached hydrogens (tertiary/aromatic N) is 3. The van der Waals surface area contributed by atoms with Crippen molar-refractivity contribution in [3.05, 3.63) is 41.3 Å². The number of fused-ring (bicyclic) bond motifs is 1. The molecule has 2 amide bonds. The quantitative estimate of drug-likeness (QED) is 0.528. The Balaban J connectivity index is 1.53. The average molecular weight is 432 g/mol. The number of amides is 2. The Morgan fingerprint density at radius 1 is 1.43 bits per heavy atom. The molecule has 1 unspecified atom stereocenters. The molecule has 0 bridgehead atoms. The normalized spacial score (nSPS) is 14.4. The molecule has 3 aromatic rings. The second-order valence-corrected chi connectivity index (χ2v) is 7.66. The molecule has 1 saturated carbocycles. The van der Waals surface area contributed by atoms with E-state index in [1.54, 1.807) is 35.8 Å². The third kappa shape index (κ3) is 4.58. The average Bonchev–Trinajstić information content (AvgIpc) is 3.44. The summed E-state index contributed by atoms with van der Waals surface area (Å²) in [5.74, 6) is 1.37. The van der Waals surface area contributed by atoms with Crippen molar-refractivity contribution in [3.8, 4) is 17.4 Å². The van der Waals surface area contributed by atoms with Crippen LogP contribution >= 0.6 is 11.6 Å². The van der Waals surface area contributed by atoms with Crippen LogP contribution in [0.2, 0.25) is 5.02 Å². The fourth-order valence-electron chi connectivity index (χ4n) is 2.88. The number of hydrogen-bond acceptors (Lipinski definition) is 6. The van der Waals surface area contributed by atoms with Crippen LogP contribution in [0.5, 0.6) is 17.4 Å². The van der Waals surface area contributed by atoms with Crippen LogP contribution < -0.4 is 20.1 Å². The number of benzene rings is 1. The second kappa shape index (κ2) is 8.37. The highest BCUT2D eigenvalue weighted by molar-refractivity contribution is 6.33. The number of aliphatic hydroxyl groups excluding tert-OH is 1. The number of ether oxygens (including phenoxy) is 2. The summed E-state index contributed by atoms with van der Waals surface area (Å²) in [4.78, 5) is 16.1. The molecule has 9 nitrogen and oxygen atoms in total. The molecule has 30 heavy (non-hydrogen) atoms. The van der Waals surface area contributed by atoms with Gasteiger partial charge in [0, 0.05) is 17.7 Å². The van der Waals surface area contributed by atoms with Crippen molar-refractivity contribution in [1.82, 2.24) is 19.9 Å². The van der Waals surface area contributed by atoms with Crippen molar-refractivity contribution in [3.63, 3.8) is 0 Å². The van der Waals surface area contributed by atoms with E-state index in [-0.39, 0.29) is 18.7 Å². The first-order chi connectivity index (χ1) is 14.4. The van der Waals surface area contributed by atoms with Gasteiger partial charge < -0.3 is 25.2 Å². The van der Waals surface area contributed by atoms with Crippen molar-refractivity contribution in [2.24, 2.45) is 0 Å². The first kappa shape index (κ1) is 20.2. The van der Waals surface area contributed by atoms with E-state index in [2.05, 4.69) is 20.7 Å². The smallest absolute Gasteiger partial charge is 0.319 e. The number of anilines is 1. The molecule has 4 rings (SSSR count). The van der Waals surface area contributed by atoms with Crippen molar-refractivity contribution in [2.45, 2.75) is 38.8 Å². The van der Waals surface area contributed by atoms with Crippen molar-refractivity contribution in [1.29, 1.82) is 0 Å². The van der Waals surface area contributed by atoms with E-state index >= 15 is 0 Å². The number of carbonyl (C=O) groups is 1. The van der Waals surface area contributed by atoms with Gasteiger partial charge in [-0.25, -0.2) is 9.31 Å². The van der Waals surface area contributed by atoms with Gasteiger partial charge in [0.1, 0.15) is 29.9 Å². The third-order valence-electron chi connectivity index (χ3n) is 4.54. The van der Waals surface area contributed by atoms with Crippen LogP contribution in [0.15, 0.2) is 30.7 Å². The first-order valence-corrected chi connectivity index (χ1v) is 9.97. The van der Waals surface area contributed by atoms with E-state index in [1.165, 1.54) is 6.33 Å². The van der Waals surface area contributed by atoms with Gasteiger partial charge in [-0.15, -0.1) is 0 Å². The number of hydrogen-bond donors (Lipinski definition) is 3. The van der Waals surface area contributed by atoms with E-state index in [0.29, 0.717) is 33.6 Å². The first-order valence-electron chi connectivity index (χ1n) is 9.59. The molecule has 2 heterocycles. The fraction of sp³-hybridized carbons (Fsp3) is 0.350. The molecule has 1 atom stereocenters. The number of rotatable bonds is 7. The summed E-state index contributed by atoms with van der Waals surface area (Å²) in [5, 5.41) is 19.6. The van der Waals surface area contributed by atoms with Gasteiger partial charge in [0.2, 0.25) is 5.88 Å². The van der Waals surface area contributed by atoms with Gasteiger partial charge in [0.25, 0.3) is 0 Å². The van der Waals surface area contributed by atoms with Gasteiger partial charge >= 0.3 is 6.03 Å². The van der Waals surface area contributed by atoms with Crippen LogP contribution in [0.25, 0.3) is 5.52 Å². The molecule has 10 heteroatoms. The lowest BCUT2D eigenvalue weighted by atomic mass is 10.3. The zero-order chi connectivity index (χ0) is 21.3. The van der Waals surface area contributed by atoms with E-state index in [4.69, 9.17) is 21.1 Å². The predicted molar refractivity (Wildman–Crippen MR) is 112 cm³/mol. The van der Waals surface area contributed by atoms with Gasteiger partial charge in [-0.3, -0.25) is 0 Å². The molecule has 1 aromatic carbocycles. The minimum absolute atomic E-state index is 0.166. The van der Waals surface area contributed by atoms with Crippen molar-refractivity contribution < 1.29 is 19.4 Å². The van der Waals surface area contributed by atoms with Gasteiger partial charge in [-0.05, 0) is 38.8 Å². The minimum Gasteiger partial charge on any atom is -0.489 e. The summed E-state index contributed by atoms with van der Waals surface area (Å²) >= 11 is 6.31. The third-order valence-corrected chi connectivity index (χ3v) is 4.86. The number of halogens is 1. The van der Waals surface area contributed by atoms with Crippen LogP contribution in [0.4, 0.5) is 10.5 Å². The lowest BCUT2D eigenvalue weighted by Gasteiger charge is -2.11. The Labute approximate surface area is 178 Å². The minimum atomic E-state index is -0.588. The van der Waals surface area contributed by atoms with Crippen LogP contribution in [0.3, 0.4) is 0 Å². The molecule has 1 aliphatic rings. The van der Waals surface area contributed by atoms with Crippen LogP contribution in [0.1, 0.15) is 25.3 Å². The number of aryl methyl sites for hydroxylation is 1. The molecule has 0 aliphatic heterocycles. The molecule has 0 spiro atoms. The molecular weight excluding hydrogens is 410 g/mol. The molecule has 3 N–H and O–H groups in total. The topological polar surface area (TPSA) is 110 Å². The van der Waals surface area contributed by atoms with Crippen LogP contribution in [-0.2, 0) is 0 Å². The second-order valence-electron chi connectivity index (χ2n) is 7.25. The molecule has 0 radical (unpaired) electrons. The van der Waals surface area contributed by atoms with Crippen LogP contribution in [-0.4, -0.2) is 44.5 Å². The van der Waals surface area contributed by atoms with Gasteiger partial charge in [-0.1, -0.05) is 11.6 Å². The molecule has 2 aromatic heterocycles. The maximum Gasteiger partial charge on any atom is 0.319 e. The fourth-order valence-corrected chi connectivity index (χ4v) is 3.10. The van der Waals surface area contributed by atoms with Crippen LogP contribution in [0, 0.1) is 6.92 Å². The largest absolute Gasteiger partial charge is 0.489 e. The summed E-state index contributed by atoms with van der Waals surface area (Å²) in [7, 11) is 0. The maximum atomic E-state index is 11.9. The molecule has 1 fully saturated rings. The Morgan fingerprint density at radius 3 is 2.93 bits per heavy atom. The SMILES string of the molecule is Cc1c(OCC(C)O)cn2ncnc(Oc3ccc(NC(=O)NC4CC4)c(Cl)c3)c12. The zero-order valence-corrected chi connectivity index (χ0v) is 17.3. The number of carbonyl (C=O) groups excluding carboxylic acids is 1. The van der Waals surface area contributed by atoms with Gasteiger partial charge in [-0.2, -0.15) is 10.1 Å². The van der Waals surface area contributed by atoms with Gasteiger partial charge in [0.05, 0.1) is 23.0 Å². The Morgan fingerprint density at radius 2 is 2.23 bits per heavy atom. The molecule has 1 aliphatic carbocycles. The summed E-state index contributed by atoms with van der Waals surface area (Å²) in [6.45, 7) is 3.68. The molecule has 158 valence electrons. The molecule has 0 saturated heterocycles. The molecular formula is C20H22ClN5O4. The highest BCUT2D eigenvalue weighted by Gasteiger charge is 2.23. The summed E-state index contributed by atoms with van der Waals surface area (Å²) < 4.78 is 13.2. The highest BCUT2D eigenvalue weighted by atomic mass is 35.5. The summed E-state index contributed by atoms with van der Waals surface area (Å²) in [5.41, 5.74) is 1.91.